The molecule has 0 saturated carbocycles. The highest BCUT2D eigenvalue weighted by Crippen LogP contribution is 2.25. The minimum atomic E-state index is -0.332. The van der Waals surface area contributed by atoms with Gasteiger partial charge in [-0.2, -0.15) is 5.10 Å². The molecule has 0 unspecified atom stereocenters. The van der Waals surface area contributed by atoms with E-state index in [9.17, 15) is 4.39 Å². The Labute approximate surface area is 105 Å². The molecule has 0 amide bonds. The van der Waals surface area contributed by atoms with Gasteiger partial charge in [0.25, 0.3) is 0 Å². The molecular formula is C10H9BrFN3S. The Hall–Kier alpha value is -1.01. The zero-order valence-electron chi connectivity index (χ0n) is 8.50. The minimum absolute atomic E-state index is 0.332. The number of aromatic amines is 1. The third-order valence-corrected chi connectivity index (χ3v) is 3.13. The van der Waals surface area contributed by atoms with Crippen molar-refractivity contribution in [2.75, 3.05) is 0 Å². The van der Waals surface area contributed by atoms with Gasteiger partial charge in [-0.05, 0) is 40.3 Å². The monoisotopic (exact) mass is 301 g/mol. The number of nitrogens with zero attached hydrogens (tertiary/aromatic N) is 2. The lowest BCUT2D eigenvalue weighted by atomic mass is 10.3. The minimum Gasteiger partial charge on any atom is -0.268 e. The number of para-hydroxylation sites is 1. The number of aryl methyl sites for hydroxylation is 1. The normalized spacial score (nSPS) is 10.7. The summed E-state index contributed by atoms with van der Waals surface area (Å²) >= 11 is 8.42. The number of H-pyrrole nitrogens is 1. The fraction of sp³-hybridized carbons (Fsp3) is 0.200. The summed E-state index contributed by atoms with van der Waals surface area (Å²) in [5, 5.41) is 6.72. The third-order valence-electron chi connectivity index (χ3n) is 2.22. The van der Waals surface area contributed by atoms with Crippen molar-refractivity contribution in [1.29, 1.82) is 0 Å². The Bertz CT molecular complexity index is 555. The molecule has 0 aliphatic carbocycles. The number of halogens is 2. The number of nitrogens with one attached hydrogen (secondary N) is 1. The largest absolute Gasteiger partial charge is 0.268 e. The Morgan fingerprint density at radius 2 is 2.31 bits per heavy atom. The highest BCUT2D eigenvalue weighted by atomic mass is 79.9. The highest BCUT2D eigenvalue weighted by Gasteiger charge is 2.13. The molecule has 2 aromatic rings. The maximum atomic E-state index is 13.8. The van der Waals surface area contributed by atoms with Gasteiger partial charge in [0, 0.05) is 10.9 Å². The molecular weight excluding hydrogens is 293 g/mol. The Balaban J connectivity index is 2.76. The smallest absolute Gasteiger partial charge is 0.200 e. The van der Waals surface area contributed by atoms with Crippen LogP contribution in [0.5, 0.6) is 0 Å². The van der Waals surface area contributed by atoms with Gasteiger partial charge in [-0.3, -0.25) is 9.67 Å². The van der Waals surface area contributed by atoms with Crippen LogP contribution < -0.4 is 0 Å². The molecule has 16 heavy (non-hydrogen) atoms. The summed E-state index contributed by atoms with van der Waals surface area (Å²) in [6.45, 7) is 1.94. The van der Waals surface area contributed by atoms with Crippen molar-refractivity contribution < 1.29 is 4.39 Å². The molecule has 3 nitrogen and oxygen atoms in total. The van der Waals surface area contributed by atoms with Gasteiger partial charge in [-0.25, -0.2) is 4.39 Å². The summed E-state index contributed by atoms with van der Waals surface area (Å²) < 4.78 is 16.4. The molecule has 1 aromatic carbocycles. The van der Waals surface area contributed by atoms with Crippen LogP contribution in [0.15, 0.2) is 22.7 Å². The van der Waals surface area contributed by atoms with Crippen LogP contribution in [0.1, 0.15) is 12.7 Å². The first-order valence-corrected chi connectivity index (χ1v) is 5.96. The Morgan fingerprint density at radius 1 is 1.56 bits per heavy atom. The lowest BCUT2D eigenvalue weighted by molar-refractivity contribution is 0.613. The predicted molar refractivity (Wildman–Crippen MR) is 65.8 cm³/mol. The first-order valence-electron chi connectivity index (χ1n) is 4.75. The molecule has 2 rings (SSSR count). The van der Waals surface area contributed by atoms with E-state index in [1.807, 2.05) is 6.92 Å². The quantitative estimate of drug-likeness (QED) is 0.863. The Morgan fingerprint density at radius 3 is 2.94 bits per heavy atom. The number of benzene rings is 1. The van der Waals surface area contributed by atoms with Crippen molar-refractivity contribution >= 4 is 28.1 Å². The molecule has 0 atom stereocenters. The summed E-state index contributed by atoms with van der Waals surface area (Å²) in [4.78, 5) is 0. The number of hydrogen-bond donors (Lipinski definition) is 1. The molecule has 0 fully saturated rings. The van der Waals surface area contributed by atoms with Gasteiger partial charge in [0.15, 0.2) is 4.77 Å². The third kappa shape index (κ3) is 1.82. The van der Waals surface area contributed by atoms with Gasteiger partial charge in [0.05, 0.1) is 5.69 Å². The van der Waals surface area contributed by atoms with Crippen molar-refractivity contribution in [2.45, 2.75) is 13.3 Å². The molecule has 0 aliphatic heterocycles. The fourth-order valence-corrected chi connectivity index (χ4v) is 2.26. The van der Waals surface area contributed by atoms with Crippen LogP contribution in [0.4, 0.5) is 4.39 Å². The number of hydrogen-bond acceptors (Lipinski definition) is 2. The van der Waals surface area contributed by atoms with Crippen molar-refractivity contribution in [3.8, 4) is 5.69 Å². The van der Waals surface area contributed by atoms with Gasteiger partial charge in [0.1, 0.15) is 11.6 Å². The summed E-state index contributed by atoms with van der Waals surface area (Å²) in [5.74, 6) is 0.373. The van der Waals surface area contributed by atoms with Gasteiger partial charge in [0.2, 0.25) is 0 Å². The number of rotatable bonds is 2. The summed E-state index contributed by atoms with van der Waals surface area (Å²) in [7, 11) is 0. The fourth-order valence-electron chi connectivity index (χ4n) is 1.50. The predicted octanol–water partition coefficient (Wildman–Crippen LogP) is 3.39. The maximum Gasteiger partial charge on any atom is 0.200 e. The van der Waals surface area contributed by atoms with Crippen molar-refractivity contribution in [2.24, 2.45) is 0 Å². The van der Waals surface area contributed by atoms with E-state index >= 15 is 0 Å². The zero-order valence-corrected chi connectivity index (χ0v) is 10.9. The molecule has 84 valence electrons. The lowest BCUT2D eigenvalue weighted by Crippen LogP contribution is -2.03. The van der Waals surface area contributed by atoms with Crippen LogP contribution in [-0.4, -0.2) is 14.8 Å². The van der Waals surface area contributed by atoms with E-state index in [1.165, 1.54) is 6.07 Å². The van der Waals surface area contributed by atoms with Crippen molar-refractivity contribution in [1.82, 2.24) is 14.8 Å². The molecule has 1 heterocycles. The molecule has 1 N–H and O–H groups in total. The van der Waals surface area contributed by atoms with E-state index in [0.29, 0.717) is 27.2 Å². The topological polar surface area (TPSA) is 33.6 Å². The first-order chi connectivity index (χ1) is 7.65. The van der Waals surface area contributed by atoms with Crippen molar-refractivity contribution in [3.63, 3.8) is 0 Å². The zero-order chi connectivity index (χ0) is 11.7. The second-order valence-electron chi connectivity index (χ2n) is 3.20. The summed E-state index contributed by atoms with van der Waals surface area (Å²) in [5.41, 5.74) is 0.401. The molecule has 1 aromatic heterocycles. The maximum absolute atomic E-state index is 13.8. The van der Waals surface area contributed by atoms with Crippen molar-refractivity contribution in [3.05, 3.63) is 39.1 Å². The number of aromatic nitrogens is 3. The van der Waals surface area contributed by atoms with E-state index in [2.05, 4.69) is 26.1 Å². The SMILES string of the molecule is CCc1n[nH]c(=S)n1-c1c(F)cccc1Br. The average molecular weight is 302 g/mol. The van der Waals surface area contributed by atoms with E-state index in [-0.39, 0.29) is 5.82 Å². The first kappa shape index (κ1) is 11.5. The van der Waals surface area contributed by atoms with Crippen LogP contribution >= 0.6 is 28.1 Å². The second kappa shape index (κ2) is 4.47. The molecule has 0 saturated heterocycles. The molecule has 6 heteroatoms. The van der Waals surface area contributed by atoms with E-state index < -0.39 is 0 Å². The van der Waals surface area contributed by atoms with Gasteiger partial charge in [-0.15, -0.1) is 0 Å². The van der Waals surface area contributed by atoms with Gasteiger partial charge < -0.3 is 0 Å². The van der Waals surface area contributed by atoms with E-state index in [4.69, 9.17) is 12.2 Å². The van der Waals surface area contributed by atoms with Crippen LogP contribution in [-0.2, 0) is 6.42 Å². The summed E-state index contributed by atoms with van der Waals surface area (Å²) in [6, 6.07) is 4.80. The standard InChI is InChI=1S/C10H9BrFN3S/c1-2-8-13-14-10(16)15(8)9-6(11)4-3-5-7(9)12/h3-5H,2H2,1H3,(H,14,16). The highest BCUT2D eigenvalue weighted by molar-refractivity contribution is 9.10. The second-order valence-corrected chi connectivity index (χ2v) is 4.45. The van der Waals surface area contributed by atoms with Crippen LogP contribution in [0.3, 0.4) is 0 Å². The molecule has 0 spiro atoms. The van der Waals surface area contributed by atoms with Crippen LogP contribution in [0, 0.1) is 10.6 Å². The average Bonchev–Trinajstić information content (AvgIpc) is 2.60. The Kier molecular flexibility index (Phi) is 3.20. The molecule has 0 radical (unpaired) electrons. The van der Waals surface area contributed by atoms with Gasteiger partial charge >= 0.3 is 0 Å². The lowest BCUT2D eigenvalue weighted by Gasteiger charge is -2.08. The van der Waals surface area contributed by atoms with Gasteiger partial charge in [-0.1, -0.05) is 13.0 Å². The van der Waals surface area contributed by atoms with E-state index in [1.54, 1.807) is 16.7 Å². The molecule has 0 aliphatic rings. The van der Waals surface area contributed by atoms with Crippen LogP contribution in [0.2, 0.25) is 0 Å². The van der Waals surface area contributed by atoms with E-state index in [0.717, 1.165) is 0 Å². The molecule has 0 bridgehead atoms. The summed E-state index contributed by atoms with van der Waals surface area (Å²) in [6.07, 6.45) is 0.675. The van der Waals surface area contributed by atoms with Crippen LogP contribution in [0.25, 0.3) is 5.69 Å².